The van der Waals surface area contributed by atoms with Crippen LogP contribution < -0.4 is 0 Å². The lowest BCUT2D eigenvalue weighted by atomic mass is 9.95. The molecule has 2 atom stereocenters. The highest BCUT2D eigenvalue weighted by molar-refractivity contribution is 6.67. The van der Waals surface area contributed by atoms with Gasteiger partial charge in [0.05, 0.1) is 8.80 Å². The van der Waals surface area contributed by atoms with E-state index in [9.17, 15) is 0 Å². The van der Waals surface area contributed by atoms with E-state index in [2.05, 4.69) is 26.9 Å². The van der Waals surface area contributed by atoms with Crippen molar-refractivity contribution in [1.29, 1.82) is 0 Å². The molecule has 0 spiro atoms. The van der Waals surface area contributed by atoms with E-state index in [0.717, 1.165) is 5.92 Å². The molecule has 0 aromatic heterocycles. The van der Waals surface area contributed by atoms with Crippen LogP contribution in [0.25, 0.3) is 0 Å². The van der Waals surface area contributed by atoms with Crippen molar-refractivity contribution in [2.45, 2.75) is 186 Å². The second kappa shape index (κ2) is 26.1. The average Bonchev–Trinajstić information content (AvgIpc) is 2.79. The van der Waals surface area contributed by atoms with Crippen LogP contribution in [-0.2, 0) is 0 Å². The number of hydrogen-bond acceptors (Lipinski definition) is 0. The van der Waals surface area contributed by atoms with Gasteiger partial charge in [-0.1, -0.05) is 168 Å². The molecule has 0 aromatic carbocycles. The number of rotatable bonds is 26. The molecule has 0 rings (SSSR count). The Bertz CT molecular complexity index is 344. The van der Waals surface area contributed by atoms with E-state index in [-0.39, 0.29) is 0 Å². The second-order valence-electron chi connectivity index (χ2n) is 11.1. The van der Waals surface area contributed by atoms with Gasteiger partial charge in [0.1, 0.15) is 0 Å². The zero-order valence-electron chi connectivity index (χ0n) is 23.1. The highest BCUT2D eigenvalue weighted by Gasteiger charge is 2.22. The maximum Gasteiger partial charge on any atom is 0.0522 e. The maximum atomic E-state index is 6.91. The van der Waals surface area contributed by atoms with Crippen molar-refractivity contribution in [2.24, 2.45) is 5.92 Å². The molecule has 0 amide bonds. The van der Waals surface area contributed by atoms with E-state index in [1.165, 1.54) is 154 Å². The first-order valence-corrected chi connectivity index (χ1v) is 18.7. The monoisotopic (exact) mass is 486 g/mol. The Morgan fingerprint density at radius 1 is 0.438 bits per heavy atom. The normalized spacial score (nSPS) is 13.7. The molecule has 194 valence electrons. The quantitative estimate of drug-likeness (QED) is 0.0647. The smallest absolute Gasteiger partial charge is 0.0522 e. The molecule has 0 aliphatic rings. The molecule has 0 aromatic rings. The third-order valence-corrected chi connectivity index (χ3v) is 11.1. The van der Waals surface area contributed by atoms with Crippen molar-refractivity contribution >= 4 is 20.4 Å². The fourth-order valence-electron chi connectivity index (χ4n) is 5.15. The Labute approximate surface area is 212 Å². The molecular formula is C30H63ClSi. The molecule has 0 heterocycles. The first-order chi connectivity index (χ1) is 15.6. The van der Waals surface area contributed by atoms with Crippen molar-refractivity contribution < 1.29 is 0 Å². The molecule has 2 unspecified atom stereocenters. The lowest BCUT2D eigenvalue weighted by molar-refractivity contribution is 0.418. The van der Waals surface area contributed by atoms with Crippen LogP contribution in [0.3, 0.4) is 0 Å². The number of alkyl halides is 1. The minimum Gasteiger partial charge on any atom is -0.127 e. The fourth-order valence-corrected chi connectivity index (χ4v) is 6.87. The Morgan fingerprint density at radius 3 is 0.938 bits per heavy atom. The molecule has 0 aliphatic heterocycles. The molecule has 0 saturated carbocycles. The fraction of sp³-hybridized carbons (Fsp3) is 1.00. The van der Waals surface area contributed by atoms with Gasteiger partial charge in [-0.3, -0.25) is 0 Å². The van der Waals surface area contributed by atoms with Gasteiger partial charge in [0.2, 0.25) is 0 Å². The maximum absolute atomic E-state index is 6.91. The standard InChI is InChI=1S/C30H63ClSi/c1-5-7-9-11-13-15-17-18-20-22-24-26-28-29(30(31)32(3)4)27-25-23-21-19-16-14-12-10-8-6-2/h29-30,32H,5-28H2,1-4H3. The van der Waals surface area contributed by atoms with Gasteiger partial charge < -0.3 is 0 Å². The van der Waals surface area contributed by atoms with E-state index >= 15 is 0 Å². The van der Waals surface area contributed by atoms with Crippen LogP contribution in [0.5, 0.6) is 0 Å². The predicted octanol–water partition coefficient (Wildman–Crippen LogP) is 11.6. The molecule has 0 fully saturated rings. The molecule has 0 saturated heterocycles. The minimum absolute atomic E-state index is 0.515. The molecule has 32 heavy (non-hydrogen) atoms. The van der Waals surface area contributed by atoms with Gasteiger partial charge in [0.15, 0.2) is 0 Å². The zero-order chi connectivity index (χ0) is 23.7. The SMILES string of the molecule is CCCCCCCCCCCCCCC(CCCCCCCCCCCC)C(Cl)[SiH](C)C. The van der Waals surface area contributed by atoms with Crippen LogP contribution in [0.2, 0.25) is 13.1 Å². The largest absolute Gasteiger partial charge is 0.127 e. The molecule has 0 N–H and O–H groups in total. The highest BCUT2D eigenvalue weighted by atomic mass is 35.5. The molecular weight excluding hydrogens is 424 g/mol. The minimum atomic E-state index is -0.730. The number of unbranched alkanes of at least 4 members (excludes halogenated alkanes) is 20. The van der Waals surface area contributed by atoms with Gasteiger partial charge in [-0.05, 0) is 18.8 Å². The van der Waals surface area contributed by atoms with Crippen LogP contribution in [0, 0.1) is 5.92 Å². The summed E-state index contributed by atoms with van der Waals surface area (Å²) in [7, 11) is -0.730. The first-order valence-electron chi connectivity index (χ1n) is 15.3. The van der Waals surface area contributed by atoms with Crippen LogP contribution >= 0.6 is 11.6 Å². The third kappa shape index (κ3) is 22.3. The molecule has 0 bridgehead atoms. The summed E-state index contributed by atoms with van der Waals surface area (Å²) in [6, 6.07) is 0. The van der Waals surface area contributed by atoms with Gasteiger partial charge in [-0.25, -0.2) is 0 Å². The van der Waals surface area contributed by atoms with Gasteiger partial charge in [-0.2, -0.15) is 0 Å². The van der Waals surface area contributed by atoms with E-state index < -0.39 is 8.80 Å². The van der Waals surface area contributed by atoms with E-state index in [1.807, 2.05) is 0 Å². The van der Waals surface area contributed by atoms with Crippen molar-refractivity contribution in [3.05, 3.63) is 0 Å². The van der Waals surface area contributed by atoms with Gasteiger partial charge in [0.25, 0.3) is 0 Å². The van der Waals surface area contributed by atoms with E-state index in [1.54, 1.807) is 0 Å². The van der Waals surface area contributed by atoms with Crippen molar-refractivity contribution in [3.63, 3.8) is 0 Å². The molecule has 0 nitrogen and oxygen atoms in total. The van der Waals surface area contributed by atoms with Gasteiger partial charge in [0, 0.05) is 5.00 Å². The van der Waals surface area contributed by atoms with E-state index in [4.69, 9.17) is 11.6 Å². The lowest BCUT2D eigenvalue weighted by Crippen LogP contribution is -2.28. The summed E-state index contributed by atoms with van der Waals surface area (Å²) in [5.74, 6) is 0.806. The Kier molecular flexibility index (Phi) is 26.5. The number of hydrogen-bond donors (Lipinski definition) is 0. The van der Waals surface area contributed by atoms with Gasteiger partial charge >= 0.3 is 0 Å². The Balaban J connectivity index is 3.69. The van der Waals surface area contributed by atoms with Crippen LogP contribution in [0.1, 0.15) is 168 Å². The average molecular weight is 487 g/mol. The molecule has 0 radical (unpaired) electrons. The van der Waals surface area contributed by atoms with Crippen LogP contribution in [0.4, 0.5) is 0 Å². The van der Waals surface area contributed by atoms with E-state index in [0.29, 0.717) is 5.00 Å². The Hall–Kier alpha value is 0.507. The Morgan fingerprint density at radius 2 is 0.688 bits per heavy atom. The lowest BCUT2D eigenvalue weighted by Gasteiger charge is -2.25. The summed E-state index contributed by atoms with van der Waals surface area (Å²) >= 11 is 6.91. The topological polar surface area (TPSA) is 0 Å². The third-order valence-electron chi connectivity index (χ3n) is 7.44. The van der Waals surface area contributed by atoms with Crippen molar-refractivity contribution in [1.82, 2.24) is 0 Å². The van der Waals surface area contributed by atoms with Crippen LogP contribution in [0.15, 0.2) is 0 Å². The van der Waals surface area contributed by atoms with Gasteiger partial charge in [-0.15, -0.1) is 11.6 Å². The summed E-state index contributed by atoms with van der Waals surface area (Å²) in [5, 5.41) is 0.515. The molecule has 0 aliphatic carbocycles. The summed E-state index contributed by atoms with van der Waals surface area (Å²) in [6.07, 6.45) is 34.5. The van der Waals surface area contributed by atoms with Crippen molar-refractivity contribution in [2.75, 3.05) is 0 Å². The second-order valence-corrected chi connectivity index (χ2v) is 15.2. The molecule has 2 heteroatoms. The summed E-state index contributed by atoms with van der Waals surface area (Å²) in [5.41, 5.74) is 0. The zero-order valence-corrected chi connectivity index (χ0v) is 25.0. The highest BCUT2D eigenvalue weighted by Crippen LogP contribution is 2.27. The predicted molar refractivity (Wildman–Crippen MR) is 154 cm³/mol. The summed E-state index contributed by atoms with van der Waals surface area (Å²) < 4.78 is 0. The number of halogens is 1. The van der Waals surface area contributed by atoms with Crippen molar-refractivity contribution in [3.8, 4) is 0 Å². The summed E-state index contributed by atoms with van der Waals surface area (Å²) in [6.45, 7) is 9.51. The first kappa shape index (κ1) is 32.5. The van der Waals surface area contributed by atoms with Crippen LogP contribution in [-0.4, -0.2) is 13.8 Å². The summed E-state index contributed by atoms with van der Waals surface area (Å²) in [4.78, 5) is 0.